The Hall–Kier alpha value is -1.23. The molecular weight excluding hydrogens is 217 g/mol. The van der Waals surface area contributed by atoms with Crippen molar-refractivity contribution in [1.82, 2.24) is 0 Å². The minimum absolute atomic E-state index is 0.0480. The Morgan fingerprint density at radius 1 is 1.53 bits per heavy atom. The standard InChI is InChI=1S/C10H12FNO2S/c1-5(2)15-9-3-6(10(13)14)8(12)4-7(9)11/h3-5H,12H2,1-2H3,(H,13,14). The van der Waals surface area contributed by atoms with Crippen LogP contribution in [0.3, 0.4) is 0 Å². The average Bonchev–Trinajstić information content (AvgIpc) is 2.08. The Morgan fingerprint density at radius 3 is 2.60 bits per heavy atom. The molecule has 5 heteroatoms. The van der Waals surface area contributed by atoms with Gasteiger partial charge in [-0.15, -0.1) is 11.8 Å². The Morgan fingerprint density at radius 2 is 2.13 bits per heavy atom. The lowest BCUT2D eigenvalue weighted by Gasteiger charge is -2.08. The largest absolute Gasteiger partial charge is 0.478 e. The van der Waals surface area contributed by atoms with E-state index >= 15 is 0 Å². The fraction of sp³-hybridized carbons (Fsp3) is 0.300. The molecule has 0 aliphatic rings. The zero-order valence-electron chi connectivity index (χ0n) is 8.45. The number of anilines is 1. The van der Waals surface area contributed by atoms with E-state index in [0.29, 0.717) is 4.90 Å². The van der Waals surface area contributed by atoms with E-state index in [2.05, 4.69) is 0 Å². The fourth-order valence-electron chi connectivity index (χ4n) is 1.10. The second kappa shape index (κ2) is 4.53. The summed E-state index contributed by atoms with van der Waals surface area (Å²) < 4.78 is 13.4. The summed E-state index contributed by atoms with van der Waals surface area (Å²) in [5.41, 5.74) is 5.29. The second-order valence-corrected chi connectivity index (χ2v) is 4.96. The molecule has 0 aromatic heterocycles. The third kappa shape index (κ3) is 2.86. The van der Waals surface area contributed by atoms with Crippen LogP contribution >= 0.6 is 11.8 Å². The monoisotopic (exact) mass is 229 g/mol. The summed E-state index contributed by atoms with van der Waals surface area (Å²) in [6, 6.07) is 2.33. The summed E-state index contributed by atoms with van der Waals surface area (Å²) >= 11 is 1.27. The van der Waals surface area contributed by atoms with E-state index in [1.165, 1.54) is 17.8 Å². The number of rotatable bonds is 3. The molecule has 1 rings (SSSR count). The molecule has 0 bridgehead atoms. The predicted octanol–water partition coefficient (Wildman–Crippen LogP) is 2.61. The highest BCUT2D eigenvalue weighted by Gasteiger charge is 2.14. The van der Waals surface area contributed by atoms with E-state index in [4.69, 9.17) is 10.8 Å². The van der Waals surface area contributed by atoms with Gasteiger partial charge >= 0.3 is 5.97 Å². The van der Waals surface area contributed by atoms with Gasteiger partial charge in [0.2, 0.25) is 0 Å². The van der Waals surface area contributed by atoms with Crippen molar-refractivity contribution in [3.05, 3.63) is 23.5 Å². The molecule has 1 aromatic rings. The molecule has 0 spiro atoms. The summed E-state index contributed by atoms with van der Waals surface area (Å²) in [5, 5.41) is 8.99. The molecule has 0 radical (unpaired) electrons. The van der Waals surface area contributed by atoms with Crippen molar-refractivity contribution in [2.24, 2.45) is 0 Å². The Balaban J connectivity index is 3.17. The fourth-order valence-corrected chi connectivity index (χ4v) is 1.96. The zero-order chi connectivity index (χ0) is 11.6. The summed E-state index contributed by atoms with van der Waals surface area (Å²) in [5.74, 6) is -1.62. The molecule has 0 aliphatic carbocycles. The summed E-state index contributed by atoms with van der Waals surface area (Å²) in [4.78, 5) is 11.1. The normalized spacial score (nSPS) is 10.7. The van der Waals surface area contributed by atoms with Crippen molar-refractivity contribution in [3.63, 3.8) is 0 Å². The maximum Gasteiger partial charge on any atom is 0.337 e. The number of nitrogen functional groups attached to an aromatic ring is 1. The van der Waals surface area contributed by atoms with Gasteiger partial charge in [-0.2, -0.15) is 0 Å². The van der Waals surface area contributed by atoms with Crippen LogP contribution in [0.2, 0.25) is 0 Å². The number of halogens is 1. The highest BCUT2D eigenvalue weighted by atomic mass is 32.2. The summed E-state index contributed by atoms with van der Waals surface area (Å²) in [7, 11) is 0. The van der Waals surface area contributed by atoms with E-state index < -0.39 is 11.8 Å². The first kappa shape index (κ1) is 11.8. The third-order valence-corrected chi connectivity index (χ3v) is 2.74. The molecule has 0 unspecified atom stereocenters. The molecular formula is C10H12FNO2S. The molecule has 0 atom stereocenters. The third-order valence-electron chi connectivity index (χ3n) is 1.70. The highest BCUT2D eigenvalue weighted by Crippen LogP contribution is 2.29. The van der Waals surface area contributed by atoms with Gasteiger partial charge in [-0.05, 0) is 12.1 Å². The molecule has 0 heterocycles. The molecule has 3 N–H and O–H groups in total. The lowest BCUT2D eigenvalue weighted by atomic mass is 10.2. The van der Waals surface area contributed by atoms with Crippen LogP contribution in [0.5, 0.6) is 0 Å². The van der Waals surface area contributed by atoms with E-state index in [9.17, 15) is 9.18 Å². The maximum absolute atomic E-state index is 13.4. The van der Waals surface area contributed by atoms with Crippen LogP contribution in [0.4, 0.5) is 10.1 Å². The van der Waals surface area contributed by atoms with E-state index in [-0.39, 0.29) is 16.5 Å². The van der Waals surface area contributed by atoms with E-state index in [1.54, 1.807) is 0 Å². The quantitative estimate of drug-likeness (QED) is 0.617. The number of hydrogen-bond donors (Lipinski definition) is 2. The summed E-state index contributed by atoms with van der Waals surface area (Å²) in [6.07, 6.45) is 0. The van der Waals surface area contributed by atoms with E-state index in [0.717, 1.165) is 6.07 Å². The van der Waals surface area contributed by atoms with Crippen LogP contribution in [-0.4, -0.2) is 16.3 Å². The second-order valence-electron chi connectivity index (χ2n) is 3.34. The number of carboxylic acids is 1. The average molecular weight is 229 g/mol. The SMILES string of the molecule is CC(C)Sc1cc(C(=O)O)c(N)cc1F. The summed E-state index contributed by atoms with van der Waals surface area (Å²) in [6.45, 7) is 3.81. The Kier molecular flexibility index (Phi) is 3.57. The van der Waals surface area contributed by atoms with Crippen molar-refractivity contribution in [2.75, 3.05) is 5.73 Å². The molecule has 0 aliphatic heterocycles. The molecule has 0 amide bonds. The van der Waals surface area contributed by atoms with Crippen LogP contribution in [0.15, 0.2) is 17.0 Å². The highest BCUT2D eigenvalue weighted by molar-refractivity contribution is 7.99. The lowest BCUT2D eigenvalue weighted by molar-refractivity contribution is 0.0697. The maximum atomic E-state index is 13.4. The predicted molar refractivity (Wildman–Crippen MR) is 58.8 cm³/mol. The topological polar surface area (TPSA) is 63.3 Å². The van der Waals surface area contributed by atoms with Gasteiger partial charge in [-0.3, -0.25) is 0 Å². The van der Waals surface area contributed by atoms with Crippen molar-refractivity contribution in [2.45, 2.75) is 24.0 Å². The van der Waals surface area contributed by atoms with Crippen molar-refractivity contribution < 1.29 is 14.3 Å². The first-order valence-corrected chi connectivity index (χ1v) is 5.28. The molecule has 0 fully saturated rings. The molecule has 1 aromatic carbocycles. The molecule has 82 valence electrons. The van der Waals surface area contributed by atoms with Crippen molar-refractivity contribution in [3.8, 4) is 0 Å². The molecule has 0 saturated carbocycles. The molecule has 15 heavy (non-hydrogen) atoms. The van der Waals surface area contributed by atoms with Gasteiger partial charge in [0.1, 0.15) is 5.82 Å². The first-order valence-electron chi connectivity index (χ1n) is 4.40. The van der Waals surface area contributed by atoms with Gasteiger partial charge < -0.3 is 10.8 Å². The number of hydrogen-bond acceptors (Lipinski definition) is 3. The van der Waals surface area contributed by atoms with Crippen LogP contribution < -0.4 is 5.73 Å². The van der Waals surface area contributed by atoms with Crippen LogP contribution in [0.1, 0.15) is 24.2 Å². The number of aromatic carboxylic acids is 1. The minimum atomic E-state index is -1.14. The number of carbonyl (C=O) groups is 1. The van der Waals surface area contributed by atoms with Crippen molar-refractivity contribution in [1.29, 1.82) is 0 Å². The van der Waals surface area contributed by atoms with Gasteiger partial charge in [0.25, 0.3) is 0 Å². The minimum Gasteiger partial charge on any atom is -0.478 e. The molecule has 3 nitrogen and oxygen atoms in total. The van der Waals surface area contributed by atoms with Gasteiger partial charge in [0.05, 0.1) is 5.56 Å². The van der Waals surface area contributed by atoms with Gasteiger partial charge in [-0.1, -0.05) is 13.8 Å². The number of benzene rings is 1. The smallest absolute Gasteiger partial charge is 0.337 e. The van der Waals surface area contributed by atoms with Crippen LogP contribution in [0, 0.1) is 5.82 Å². The number of carboxylic acid groups (broad SMARTS) is 1. The Labute approximate surface area is 91.5 Å². The lowest BCUT2D eigenvalue weighted by Crippen LogP contribution is -2.04. The van der Waals surface area contributed by atoms with Crippen LogP contribution in [-0.2, 0) is 0 Å². The van der Waals surface area contributed by atoms with Crippen LogP contribution in [0.25, 0.3) is 0 Å². The van der Waals surface area contributed by atoms with Gasteiger partial charge in [-0.25, -0.2) is 9.18 Å². The van der Waals surface area contributed by atoms with Gasteiger partial charge in [0, 0.05) is 15.8 Å². The number of nitrogens with two attached hydrogens (primary N) is 1. The van der Waals surface area contributed by atoms with Crippen molar-refractivity contribution >= 4 is 23.4 Å². The first-order chi connectivity index (χ1) is 6.91. The Bertz CT molecular complexity index is 393. The zero-order valence-corrected chi connectivity index (χ0v) is 9.27. The molecule has 0 saturated heterocycles. The number of thioether (sulfide) groups is 1. The van der Waals surface area contributed by atoms with Gasteiger partial charge in [0.15, 0.2) is 0 Å². The van der Waals surface area contributed by atoms with E-state index in [1.807, 2.05) is 13.8 Å².